The number of aromatic nitrogens is 1. The minimum atomic E-state index is -0.333. The van der Waals surface area contributed by atoms with Gasteiger partial charge in [0.25, 0.3) is 0 Å². The zero-order valence-electron chi connectivity index (χ0n) is 17.0. The summed E-state index contributed by atoms with van der Waals surface area (Å²) in [6.07, 6.45) is 3.54. The van der Waals surface area contributed by atoms with E-state index < -0.39 is 0 Å². The summed E-state index contributed by atoms with van der Waals surface area (Å²) in [5.74, 6) is -0.0487. The van der Waals surface area contributed by atoms with Gasteiger partial charge in [-0.15, -0.1) is 11.3 Å². The molecule has 0 atom stereocenters. The molecule has 3 rings (SSSR count). The highest BCUT2D eigenvalue weighted by Gasteiger charge is 2.13. The van der Waals surface area contributed by atoms with Crippen LogP contribution in [-0.4, -0.2) is 30.4 Å². The van der Waals surface area contributed by atoms with Crippen molar-refractivity contribution in [2.24, 2.45) is 5.10 Å². The first-order valence-electron chi connectivity index (χ1n) is 9.85. The molecule has 0 aliphatic rings. The molecule has 1 heterocycles. The minimum Gasteiger partial charge on any atom is -0.492 e. The number of nitrogens with zero attached hydrogens (tertiary/aromatic N) is 2. The summed E-state index contributed by atoms with van der Waals surface area (Å²) in [7, 11) is 0. The fraction of sp³-hybridized carbons (Fsp3) is 0.318. The Morgan fingerprint density at radius 2 is 2.10 bits per heavy atom. The van der Waals surface area contributed by atoms with Gasteiger partial charge in [-0.05, 0) is 19.4 Å². The standard InChI is InChI=1S/C22H24FN3O3S/c1-3-5-10-29-21-15(11-19(23)17-8-6-7-9-18(17)21)13-24-26-22-25-16(14-30-22)12-20(27)28-4-2/h6-9,11,13-14H,3-5,10,12H2,1-2H3,(H,25,26). The number of unbranched alkanes of at least 4 members (excludes halogenated alkanes) is 1. The molecule has 0 bridgehead atoms. The van der Waals surface area contributed by atoms with E-state index in [9.17, 15) is 9.18 Å². The summed E-state index contributed by atoms with van der Waals surface area (Å²) in [5.41, 5.74) is 3.98. The highest BCUT2D eigenvalue weighted by molar-refractivity contribution is 7.13. The van der Waals surface area contributed by atoms with Gasteiger partial charge in [-0.3, -0.25) is 10.2 Å². The molecule has 1 aromatic heterocycles. The van der Waals surface area contributed by atoms with Crippen LogP contribution in [-0.2, 0) is 16.0 Å². The van der Waals surface area contributed by atoms with Gasteiger partial charge >= 0.3 is 5.97 Å². The molecule has 0 saturated carbocycles. The number of hydrogen-bond donors (Lipinski definition) is 1. The Morgan fingerprint density at radius 3 is 2.87 bits per heavy atom. The van der Waals surface area contributed by atoms with Crippen LogP contribution in [0.4, 0.5) is 9.52 Å². The third-order valence-corrected chi connectivity index (χ3v) is 5.06. The van der Waals surface area contributed by atoms with Crippen LogP contribution in [0.1, 0.15) is 37.9 Å². The van der Waals surface area contributed by atoms with Crippen LogP contribution in [0.2, 0.25) is 0 Å². The van der Waals surface area contributed by atoms with E-state index in [2.05, 4.69) is 22.4 Å². The zero-order valence-corrected chi connectivity index (χ0v) is 17.8. The number of hydrazone groups is 1. The lowest BCUT2D eigenvalue weighted by Crippen LogP contribution is -2.07. The van der Waals surface area contributed by atoms with Crippen LogP contribution in [0.3, 0.4) is 0 Å². The number of anilines is 1. The van der Waals surface area contributed by atoms with Gasteiger partial charge < -0.3 is 9.47 Å². The van der Waals surface area contributed by atoms with E-state index in [0.717, 1.165) is 12.8 Å². The first-order chi connectivity index (χ1) is 14.6. The number of rotatable bonds is 10. The third kappa shape index (κ3) is 5.54. The second-order valence-corrected chi connectivity index (χ2v) is 7.38. The number of benzene rings is 2. The van der Waals surface area contributed by atoms with E-state index in [4.69, 9.17) is 9.47 Å². The smallest absolute Gasteiger partial charge is 0.311 e. The quantitative estimate of drug-likeness (QED) is 0.208. The third-order valence-electron chi connectivity index (χ3n) is 4.26. The maximum absolute atomic E-state index is 14.6. The summed E-state index contributed by atoms with van der Waals surface area (Å²) in [6, 6.07) is 8.65. The van der Waals surface area contributed by atoms with E-state index in [1.54, 1.807) is 24.4 Å². The SMILES string of the molecule is CCCCOc1c(C=NNc2nc(CC(=O)OCC)cs2)cc(F)c2ccccc12. The van der Waals surface area contributed by atoms with Crippen molar-refractivity contribution in [2.75, 3.05) is 18.6 Å². The maximum Gasteiger partial charge on any atom is 0.311 e. The lowest BCUT2D eigenvalue weighted by atomic mass is 10.0. The van der Waals surface area contributed by atoms with Gasteiger partial charge in [-0.25, -0.2) is 9.37 Å². The molecule has 0 aliphatic carbocycles. The summed E-state index contributed by atoms with van der Waals surface area (Å²) in [6.45, 7) is 4.73. The van der Waals surface area contributed by atoms with Crippen molar-refractivity contribution in [1.82, 2.24) is 4.98 Å². The normalized spacial score (nSPS) is 11.2. The number of fused-ring (bicyclic) bond motifs is 1. The summed E-state index contributed by atoms with van der Waals surface area (Å²) >= 11 is 1.32. The molecule has 0 radical (unpaired) electrons. The van der Waals surface area contributed by atoms with Crippen LogP contribution in [0, 0.1) is 5.82 Å². The molecule has 0 aliphatic heterocycles. The Hall–Kier alpha value is -3.00. The second-order valence-electron chi connectivity index (χ2n) is 6.52. The van der Waals surface area contributed by atoms with E-state index in [0.29, 0.717) is 46.1 Å². The molecule has 1 N–H and O–H groups in total. The lowest BCUT2D eigenvalue weighted by Gasteiger charge is -2.13. The maximum atomic E-state index is 14.6. The number of hydrogen-bond acceptors (Lipinski definition) is 7. The molecule has 0 fully saturated rings. The first kappa shape index (κ1) is 21.7. The van der Waals surface area contributed by atoms with Crippen LogP contribution in [0.15, 0.2) is 40.8 Å². The van der Waals surface area contributed by atoms with E-state index in [1.165, 1.54) is 23.6 Å². The van der Waals surface area contributed by atoms with Gasteiger partial charge in [-0.2, -0.15) is 5.10 Å². The second kappa shape index (κ2) is 10.7. The van der Waals surface area contributed by atoms with Crippen LogP contribution >= 0.6 is 11.3 Å². The van der Waals surface area contributed by atoms with Crippen molar-refractivity contribution in [3.8, 4) is 5.75 Å². The van der Waals surface area contributed by atoms with Gasteiger partial charge in [-0.1, -0.05) is 37.6 Å². The van der Waals surface area contributed by atoms with Crippen LogP contribution in [0.5, 0.6) is 5.75 Å². The Kier molecular flexibility index (Phi) is 7.73. The van der Waals surface area contributed by atoms with Crippen molar-refractivity contribution < 1.29 is 18.7 Å². The Morgan fingerprint density at radius 1 is 1.30 bits per heavy atom. The number of ether oxygens (including phenoxy) is 2. The molecule has 0 spiro atoms. The minimum absolute atomic E-state index is 0.112. The molecule has 158 valence electrons. The average Bonchev–Trinajstić information content (AvgIpc) is 3.17. The molecule has 3 aromatic rings. The average molecular weight is 430 g/mol. The van der Waals surface area contributed by atoms with Crippen molar-refractivity contribution in [1.29, 1.82) is 0 Å². The number of thiazole rings is 1. The van der Waals surface area contributed by atoms with Crippen LogP contribution < -0.4 is 10.2 Å². The predicted octanol–water partition coefficient (Wildman–Crippen LogP) is 5.17. The van der Waals surface area contributed by atoms with E-state index in [-0.39, 0.29) is 18.2 Å². The molecule has 0 unspecified atom stereocenters. The van der Waals surface area contributed by atoms with E-state index >= 15 is 0 Å². The van der Waals surface area contributed by atoms with Crippen LogP contribution in [0.25, 0.3) is 10.8 Å². The number of carbonyl (C=O) groups excluding carboxylic acids is 1. The zero-order chi connectivity index (χ0) is 21.3. The van der Waals surface area contributed by atoms with E-state index in [1.807, 2.05) is 12.1 Å². The Labute approximate surface area is 178 Å². The molecule has 6 nitrogen and oxygen atoms in total. The van der Waals surface area contributed by atoms with Gasteiger partial charge in [0.05, 0.1) is 31.5 Å². The monoisotopic (exact) mass is 429 g/mol. The molecular weight excluding hydrogens is 405 g/mol. The fourth-order valence-electron chi connectivity index (χ4n) is 2.86. The Balaban J connectivity index is 1.77. The summed E-state index contributed by atoms with van der Waals surface area (Å²) < 4.78 is 25.5. The molecular formula is C22H24FN3O3S. The number of nitrogens with one attached hydrogen (secondary N) is 1. The van der Waals surface area contributed by atoms with Crippen molar-refractivity contribution in [3.63, 3.8) is 0 Å². The molecule has 8 heteroatoms. The number of carbonyl (C=O) groups is 1. The molecule has 0 saturated heterocycles. The van der Waals surface area contributed by atoms with Gasteiger partial charge in [0, 0.05) is 21.7 Å². The Bertz CT molecular complexity index is 1040. The summed E-state index contributed by atoms with van der Waals surface area (Å²) in [4.78, 5) is 15.9. The highest BCUT2D eigenvalue weighted by Crippen LogP contribution is 2.31. The highest BCUT2D eigenvalue weighted by atomic mass is 32.1. The fourth-order valence-corrected chi connectivity index (χ4v) is 3.52. The van der Waals surface area contributed by atoms with Gasteiger partial charge in [0.2, 0.25) is 5.13 Å². The van der Waals surface area contributed by atoms with Gasteiger partial charge in [0.15, 0.2) is 0 Å². The largest absolute Gasteiger partial charge is 0.492 e. The lowest BCUT2D eigenvalue weighted by molar-refractivity contribution is -0.142. The topological polar surface area (TPSA) is 72.8 Å². The first-order valence-corrected chi connectivity index (χ1v) is 10.7. The number of esters is 1. The van der Waals surface area contributed by atoms with Crippen molar-refractivity contribution in [2.45, 2.75) is 33.1 Å². The number of halogens is 1. The molecule has 30 heavy (non-hydrogen) atoms. The van der Waals surface area contributed by atoms with Crippen molar-refractivity contribution >= 4 is 39.4 Å². The van der Waals surface area contributed by atoms with Crippen molar-refractivity contribution in [3.05, 3.63) is 52.8 Å². The molecule has 0 amide bonds. The summed E-state index contributed by atoms with van der Waals surface area (Å²) in [5, 5.41) is 7.70. The molecule has 2 aromatic carbocycles. The van der Waals surface area contributed by atoms with Gasteiger partial charge in [0.1, 0.15) is 11.6 Å². The predicted molar refractivity (Wildman–Crippen MR) is 118 cm³/mol.